The number of nitrogens with two attached hydrogens (primary N) is 1. The van der Waals surface area contributed by atoms with Crippen LogP contribution >= 0.6 is 11.6 Å². The monoisotopic (exact) mass is 239 g/mol. The van der Waals surface area contributed by atoms with Crippen molar-refractivity contribution in [2.45, 2.75) is 13.5 Å². The van der Waals surface area contributed by atoms with E-state index in [1.807, 2.05) is 6.07 Å². The lowest BCUT2D eigenvalue weighted by molar-refractivity contribution is 0.619. The highest BCUT2D eigenvalue weighted by Crippen LogP contribution is 2.22. The minimum Gasteiger partial charge on any atom is -0.383 e. The van der Waals surface area contributed by atoms with Crippen molar-refractivity contribution in [3.05, 3.63) is 46.4 Å². The number of aryl methyl sites for hydroxylation is 1. The maximum absolute atomic E-state index is 13.0. The Kier molecular flexibility index (Phi) is 2.83. The summed E-state index contributed by atoms with van der Waals surface area (Å²) in [4.78, 5) is 0. The van der Waals surface area contributed by atoms with Gasteiger partial charge in [0.05, 0.1) is 12.2 Å². The van der Waals surface area contributed by atoms with E-state index in [2.05, 4.69) is 5.10 Å². The molecule has 2 aromatic rings. The Bertz CT molecular complexity index is 522. The molecular formula is C11H11ClFN3. The Labute approximate surface area is 97.6 Å². The summed E-state index contributed by atoms with van der Waals surface area (Å²) in [5.41, 5.74) is 7.24. The van der Waals surface area contributed by atoms with Gasteiger partial charge in [-0.1, -0.05) is 23.7 Å². The summed E-state index contributed by atoms with van der Waals surface area (Å²) in [5.74, 6) is 0.134. The second-order valence-electron chi connectivity index (χ2n) is 3.57. The topological polar surface area (TPSA) is 43.8 Å². The largest absolute Gasteiger partial charge is 0.383 e. The van der Waals surface area contributed by atoms with Crippen molar-refractivity contribution in [2.24, 2.45) is 0 Å². The zero-order valence-electron chi connectivity index (χ0n) is 8.74. The number of nitrogens with zero attached hydrogens (tertiary/aromatic N) is 2. The molecular weight excluding hydrogens is 229 g/mol. The van der Waals surface area contributed by atoms with E-state index in [-0.39, 0.29) is 5.82 Å². The smallest absolute Gasteiger partial charge is 0.141 e. The molecule has 0 aliphatic carbocycles. The van der Waals surface area contributed by atoms with E-state index in [9.17, 15) is 4.39 Å². The molecule has 2 rings (SSSR count). The van der Waals surface area contributed by atoms with Crippen molar-refractivity contribution in [3.63, 3.8) is 0 Å². The first-order valence-corrected chi connectivity index (χ1v) is 5.18. The Morgan fingerprint density at radius 2 is 2.25 bits per heavy atom. The minimum absolute atomic E-state index is 0.272. The van der Waals surface area contributed by atoms with Gasteiger partial charge < -0.3 is 5.73 Å². The van der Waals surface area contributed by atoms with Crippen molar-refractivity contribution in [1.29, 1.82) is 0 Å². The summed E-state index contributed by atoms with van der Waals surface area (Å²) in [6.45, 7) is 2.19. The van der Waals surface area contributed by atoms with Crippen molar-refractivity contribution in [1.82, 2.24) is 9.78 Å². The number of halogens is 2. The standard InChI is InChI=1S/C11H11ClFN3/c1-7-10(12)11(14)16(15-7)6-8-3-2-4-9(13)5-8/h2-5H,6,14H2,1H3. The number of rotatable bonds is 2. The molecule has 0 aliphatic rings. The molecule has 16 heavy (non-hydrogen) atoms. The third-order valence-corrected chi connectivity index (χ3v) is 2.78. The maximum Gasteiger partial charge on any atom is 0.141 e. The first kappa shape index (κ1) is 11.0. The van der Waals surface area contributed by atoms with Crippen molar-refractivity contribution in [3.8, 4) is 0 Å². The summed E-state index contributed by atoms with van der Waals surface area (Å²) < 4.78 is 14.5. The van der Waals surface area contributed by atoms with Gasteiger partial charge in [0.15, 0.2) is 0 Å². The van der Waals surface area contributed by atoms with Crippen LogP contribution in [0.2, 0.25) is 5.02 Å². The van der Waals surface area contributed by atoms with E-state index in [4.69, 9.17) is 17.3 Å². The van der Waals surface area contributed by atoms with Gasteiger partial charge in [0.2, 0.25) is 0 Å². The molecule has 0 amide bonds. The Balaban J connectivity index is 2.30. The van der Waals surface area contributed by atoms with Crippen LogP contribution in [0.5, 0.6) is 0 Å². The van der Waals surface area contributed by atoms with E-state index >= 15 is 0 Å². The normalized spacial score (nSPS) is 10.7. The molecule has 1 aromatic heterocycles. The second kappa shape index (κ2) is 4.14. The molecule has 0 atom stereocenters. The molecule has 0 spiro atoms. The highest BCUT2D eigenvalue weighted by atomic mass is 35.5. The highest BCUT2D eigenvalue weighted by Gasteiger charge is 2.10. The van der Waals surface area contributed by atoms with Gasteiger partial charge in [0.25, 0.3) is 0 Å². The maximum atomic E-state index is 13.0. The van der Waals surface area contributed by atoms with E-state index in [1.165, 1.54) is 12.1 Å². The Morgan fingerprint density at radius 3 is 2.81 bits per heavy atom. The SMILES string of the molecule is Cc1nn(Cc2cccc(F)c2)c(N)c1Cl. The lowest BCUT2D eigenvalue weighted by atomic mass is 10.2. The van der Waals surface area contributed by atoms with Crippen LogP contribution in [0.4, 0.5) is 10.2 Å². The molecule has 84 valence electrons. The molecule has 0 saturated heterocycles. The quantitative estimate of drug-likeness (QED) is 0.876. The van der Waals surface area contributed by atoms with Crippen LogP contribution in [0.25, 0.3) is 0 Å². The zero-order valence-corrected chi connectivity index (χ0v) is 9.50. The molecule has 5 heteroatoms. The van der Waals surface area contributed by atoms with Gasteiger partial charge in [0.1, 0.15) is 16.7 Å². The number of benzene rings is 1. The van der Waals surface area contributed by atoms with Crippen molar-refractivity contribution < 1.29 is 4.39 Å². The third kappa shape index (κ3) is 2.02. The summed E-state index contributed by atoms with van der Waals surface area (Å²) in [6.07, 6.45) is 0. The summed E-state index contributed by atoms with van der Waals surface area (Å²) in [6, 6.07) is 6.31. The van der Waals surface area contributed by atoms with E-state index in [0.717, 1.165) is 5.56 Å². The summed E-state index contributed by atoms with van der Waals surface area (Å²) in [5, 5.41) is 4.63. The molecule has 0 fully saturated rings. The summed E-state index contributed by atoms with van der Waals surface area (Å²) in [7, 11) is 0. The van der Waals surface area contributed by atoms with Gasteiger partial charge >= 0.3 is 0 Å². The van der Waals surface area contributed by atoms with Gasteiger partial charge in [-0.25, -0.2) is 9.07 Å². The lowest BCUT2D eigenvalue weighted by Crippen LogP contribution is -2.06. The molecule has 1 heterocycles. The molecule has 2 N–H and O–H groups in total. The Morgan fingerprint density at radius 1 is 1.50 bits per heavy atom. The van der Waals surface area contributed by atoms with Crippen LogP contribution in [0.15, 0.2) is 24.3 Å². The number of anilines is 1. The number of nitrogen functional groups attached to an aromatic ring is 1. The second-order valence-corrected chi connectivity index (χ2v) is 3.95. The number of hydrogen-bond donors (Lipinski definition) is 1. The molecule has 0 bridgehead atoms. The van der Waals surface area contributed by atoms with Crippen LogP contribution in [0.1, 0.15) is 11.3 Å². The van der Waals surface area contributed by atoms with E-state index < -0.39 is 0 Å². The summed E-state index contributed by atoms with van der Waals surface area (Å²) >= 11 is 5.91. The predicted molar refractivity (Wildman–Crippen MR) is 61.9 cm³/mol. The molecule has 0 aliphatic heterocycles. The minimum atomic E-state index is -0.272. The fourth-order valence-electron chi connectivity index (χ4n) is 1.51. The number of aromatic nitrogens is 2. The van der Waals surface area contributed by atoms with Crippen molar-refractivity contribution in [2.75, 3.05) is 5.73 Å². The lowest BCUT2D eigenvalue weighted by Gasteiger charge is -2.04. The van der Waals surface area contributed by atoms with Crippen LogP contribution in [0.3, 0.4) is 0 Å². The average Bonchev–Trinajstić information content (AvgIpc) is 2.47. The predicted octanol–water partition coefficient (Wildman–Crippen LogP) is 2.61. The Hall–Kier alpha value is -1.55. The van der Waals surface area contributed by atoms with E-state index in [0.29, 0.717) is 23.1 Å². The van der Waals surface area contributed by atoms with Gasteiger partial charge in [-0.2, -0.15) is 5.10 Å². The molecule has 3 nitrogen and oxygen atoms in total. The molecule has 0 radical (unpaired) electrons. The van der Waals surface area contributed by atoms with E-state index in [1.54, 1.807) is 17.7 Å². The first-order valence-electron chi connectivity index (χ1n) is 4.81. The van der Waals surface area contributed by atoms with Crippen LogP contribution in [-0.4, -0.2) is 9.78 Å². The fourth-order valence-corrected chi connectivity index (χ4v) is 1.64. The average molecular weight is 240 g/mol. The highest BCUT2D eigenvalue weighted by molar-refractivity contribution is 6.33. The van der Waals surface area contributed by atoms with Gasteiger partial charge in [-0.15, -0.1) is 0 Å². The zero-order chi connectivity index (χ0) is 11.7. The van der Waals surface area contributed by atoms with Crippen molar-refractivity contribution >= 4 is 17.4 Å². The van der Waals surface area contributed by atoms with Crippen LogP contribution in [-0.2, 0) is 6.54 Å². The molecule has 0 saturated carbocycles. The van der Waals surface area contributed by atoms with Gasteiger partial charge in [0, 0.05) is 0 Å². The molecule has 0 unspecified atom stereocenters. The third-order valence-electron chi connectivity index (χ3n) is 2.31. The van der Waals surface area contributed by atoms with Gasteiger partial charge in [-0.3, -0.25) is 0 Å². The fraction of sp³-hybridized carbons (Fsp3) is 0.182. The van der Waals surface area contributed by atoms with Crippen LogP contribution in [0, 0.1) is 12.7 Å². The first-order chi connectivity index (χ1) is 7.58. The van der Waals surface area contributed by atoms with Crippen LogP contribution < -0.4 is 5.73 Å². The molecule has 1 aromatic carbocycles. The van der Waals surface area contributed by atoms with Gasteiger partial charge in [-0.05, 0) is 24.6 Å². The number of hydrogen-bond acceptors (Lipinski definition) is 2.